The fourth-order valence-electron chi connectivity index (χ4n) is 3.48. The van der Waals surface area contributed by atoms with Crippen LogP contribution in [0, 0.1) is 0 Å². The van der Waals surface area contributed by atoms with Gasteiger partial charge < -0.3 is 10.2 Å². The summed E-state index contributed by atoms with van der Waals surface area (Å²) in [7, 11) is 0. The minimum absolute atomic E-state index is 0.107. The molecular weight excluding hydrogens is 416 g/mol. The van der Waals surface area contributed by atoms with Gasteiger partial charge in [-0.1, -0.05) is 60.7 Å². The van der Waals surface area contributed by atoms with Crippen LogP contribution >= 0.6 is 27.5 Å². The number of amides is 2. The minimum Gasteiger partial charge on any atom is -0.351 e. The van der Waals surface area contributed by atoms with E-state index in [-0.39, 0.29) is 23.7 Å². The van der Waals surface area contributed by atoms with E-state index in [1.54, 1.807) is 4.90 Å². The second kappa shape index (κ2) is 10.9. The number of alkyl halides is 1. The van der Waals surface area contributed by atoms with Gasteiger partial charge in [-0.2, -0.15) is 0 Å². The van der Waals surface area contributed by atoms with Crippen molar-refractivity contribution in [1.29, 1.82) is 0 Å². The van der Waals surface area contributed by atoms with E-state index in [1.165, 1.54) is 6.42 Å². The maximum absolute atomic E-state index is 13.2. The Kier molecular flexibility index (Phi) is 8.93. The Hall–Kier alpha value is -1.07. The lowest BCUT2D eigenvalue weighted by atomic mass is 9.94. The zero-order valence-corrected chi connectivity index (χ0v) is 17.7. The average Bonchev–Trinajstić information content (AvgIpc) is 2.65. The third kappa shape index (κ3) is 5.98. The third-order valence-electron chi connectivity index (χ3n) is 4.86. The number of unbranched alkanes of at least 4 members (excludes halogenated alkanes) is 1. The van der Waals surface area contributed by atoms with Gasteiger partial charge in [-0.3, -0.25) is 9.59 Å². The van der Waals surface area contributed by atoms with Gasteiger partial charge in [0.2, 0.25) is 11.8 Å². The molecular formula is C20H28BrClN2O2. The zero-order valence-electron chi connectivity index (χ0n) is 15.3. The van der Waals surface area contributed by atoms with Crippen LogP contribution in [0.15, 0.2) is 28.7 Å². The normalized spacial score (nSPS) is 16.1. The molecule has 0 spiro atoms. The number of carbonyl (C=O) groups is 2. The van der Waals surface area contributed by atoms with Crippen molar-refractivity contribution < 1.29 is 9.59 Å². The quantitative estimate of drug-likeness (QED) is 0.586. The second-order valence-electron chi connectivity index (χ2n) is 6.88. The topological polar surface area (TPSA) is 49.4 Å². The summed E-state index contributed by atoms with van der Waals surface area (Å²) in [5, 5.41) is 3.18. The fourth-order valence-corrected chi connectivity index (χ4v) is 4.05. The summed E-state index contributed by atoms with van der Waals surface area (Å²) in [4.78, 5) is 27.3. The van der Waals surface area contributed by atoms with Gasteiger partial charge in [-0.15, -0.1) is 11.6 Å². The van der Waals surface area contributed by atoms with Crippen molar-refractivity contribution in [3.63, 3.8) is 0 Å². The second-order valence-corrected chi connectivity index (χ2v) is 8.06. The summed E-state index contributed by atoms with van der Waals surface area (Å²) in [5.74, 6) is -0.432. The first kappa shape index (κ1) is 21.2. The summed E-state index contributed by atoms with van der Waals surface area (Å²) in [6, 6.07) is 7.17. The number of nitrogens with one attached hydrogen (secondary N) is 1. The molecule has 2 rings (SSSR count). The molecule has 144 valence electrons. The number of nitrogens with zero attached hydrogens (tertiary/aromatic N) is 1. The van der Waals surface area contributed by atoms with Crippen LogP contribution in [0.4, 0.5) is 0 Å². The Morgan fingerprint density at radius 3 is 2.65 bits per heavy atom. The van der Waals surface area contributed by atoms with Crippen molar-refractivity contribution in [2.75, 3.05) is 12.4 Å². The Morgan fingerprint density at radius 2 is 2.04 bits per heavy atom. The Bertz CT molecular complexity index is 605. The molecule has 0 radical (unpaired) electrons. The Labute approximate surface area is 169 Å². The van der Waals surface area contributed by atoms with Crippen molar-refractivity contribution in [3.05, 3.63) is 34.3 Å². The summed E-state index contributed by atoms with van der Waals surface area (Å²) < 4.78 is 0.888. The third-order valence-corrected chi connectivity index (χ3v) is 5.59. The molecule has 2 amide bonds. The van der Waals surface area contributed by atoms with Gasteiger partial charge in [-0.05, 0) is 37.0 Å². The van der Waals surface area contributed by atoms with E-state index in [4.69, 9.17) is 11.6 Å². The minimum atomic E-state index is -0.646. The van der Waals surface area contributed by atoms with Gasteiger partial charge in [0.25, 0.3) is 0 Å². The molecule has 4 nitrogen and oxygen atoms in total. The van der Waals surface area contributed by atoms with Gasteiger partial charge in [-0.25, -0.2) is 0 Å². The van der Waals surface area contributed by atoms with Crippen molar-refractivity contribution in [1.82, 2.24) is 10.2 Å². The summed E-state index contributed by atoms with van der Waals surface area (Å²) in [6.07, 6.45) is 7.32. The van der Waals surface area contributed by atoms with Crippen molar-refractivity contribution in [3.8, 4) is 0 Å². The fraction of sp³-hybridized carbons (Fsp3) is 0.600. The molecule has 0 bridgehead atoms. The predicted octanol–water partition coefficient (Wildman–Crippen LogP) is 4.81. The number of benzene rings is 1. The molecule has 0 aliphatic heterocycles. The molecule has 1 aromatic carbocycles. The average molecular weight is 444 g/mol. The standard InChI is InChI=1S/C20H28BrClN2O2/c1-2-3-12-24(18(25)14-22)19(15-8-7-9-16(21)13-15)20(26)23-17-10-5-4-6-11-17/h7-9,13,17,19H,2-6,10-12,14H2,1H3,(H,23,26). The molecule has 0 heterocycles. The van der Waals surface area contributed by atoms with Crippen LogP contribution in [0.2, 0.25) is 0 Å². The van der Waals surface area contributed by atoms with E-state index < -0.39 is 6.04 Å². The van der Waals surface area contributed by atoms with Crippen LogP contribution in [0.25, 0.3) is 0 Å². The Balaban J connectivity index is 2.29. The number of hydrogen-bond donors (Lipinski definition) is 1. The summed E-state index contributed by atoms with van der Waals surface area (Å²) in [6.45, 7) is 2.59. The molecule has 0 saturated heterocycles. The molecule has 1 aliphatic rings. The van der Waals surface area contributed by atoms with Crippen LogP contribution in [0.3, 0.4) is 0 Å². The zero-order chi connectivity index (χ0) is 18.9. The van der Waals surface area contributed by atoms with E-state index in [0.29, 0.717) is 6.54 Å². The highest BCUT2D eigenvalue weighted by atomic mass is 79.9. The molecule has 6 heteroatoms. The van der Waals surface area contributed by atoms with Gasteiger partial charge in [0.05, 0.1) is 0 Å². The van der Waals surface area contributed by atoms with Gasteiger partial charge >= 0.3 is 0 Å². The van der Waals surface area contributed by atoms with Gasteiger partial charge in [0.1, 0.15) is 11.9 Å². The first-order valence-corrected chi connectivity index (χ1v) is 10.8. The molecule has 1 aromatic rings. The van der Waals surface area contributed by atoms with E-state index >= 15 is 0 Å². The van der Waals surface area contributed by atoms with E-state index in [1.807, 2.05) is 24.3 Å². The lowest BCUT2D eigenvalue weighted by Crippen LogP contribution is -2.47. The first-order valence-electron chi connectivity index (χ1n) is 9.48. The van der Waals surface area contributed by atoms with Gasteiger partial charge in [0.15, 0.2) is 0 Å². The molecule has 1 fully saturated rings. The number of hydrogen-bond acceptors (Lipinski definition) is 2. The van der Waals surface area contributed by atoms with Crippen LogP contribution in [0.1, 0.15) is 63.5 Å². The predicted molar refractivity (Wildman–Crippen MR) is 109 cm³/mol. The van der Waals surface area contributed by atoms with Crippen LogP contribution in [-0.4, -0.2) is 35.2 Å². The van der Waals surface area contributed by atoms with Crippen LogP contribution in [0.5, 0.6) is 0 Å². The summed E-state index contributed by atoms with van der Waals surface area (Å²) >= 11 is 9.33. The molecule has 1 atom stereocenters. The molecule has 1 aliphatic carbocycles. The highest BCUT2D eigenvalue weighted by Crippen LogP contribution is 2.26. The number of carbonyl (C=O) groups excluding carboxylic acids is 2. The largest absolute Gasteiger partial charge is 0.351 e. The van der Waals surface area contributed by atoms with Crippen molar-refractivity contribution >= 4 is 39.3 Å². The maximum atomic E-state index is 13.2. The van der Waals surface area contributed by atoms with E-state index in [9.17, 15) is 9.59 Å². The van der Waals surface area contributed by atoms with E-state index in [2.05, 4.69) is 28.2 Å². The van der Waals surface area contributed by atoms with Crippen LogP contribution in [-0.2, 0) is 9.59 Å². The SMILES string of the molecule is CCCCN(C(=O)CCl)C(C(=O)NC1CCCCC1)c1cccc(Br)c1. The monoisotopic (exact) mass is 442 g/mol. The molecule has 0 aromatic heterocycles. The van der Waals surface area contributed by atoms with E-state index in [0.717, 1.165) is 48.6 Å². The first-order chi connectivity index (χ1) is 12.6. The van der Waals surface area contributed by atoms with Crippen molar-refractivity contribution in [2.24, 2.45) is 0 Å². The molecule has 1 N–H and O–H groups in total. The lowest BCUT2D eigenvalue weighted by molar-refractivity contribution is -0.139. The number of halogens is 2. The number of rotatable bonds is 8. The highest BCUT2D eigenvalue weighted by molar-refractivity contribution is 9.10. The molecule has 26 heavy (non-hydrogen) atoms. The van der Waals surface area contributed by atoms with Crippen molar-refractivity contribution in [2.45, 2.75) is 64.0 Å². The van der Waals surface area contributed by atoms with Crippen LogP contribution < -0.4 is 5.32 Å². The molecule has 1 saturated carbocycles. The Morgan fingerprint density at radius 1 is 1.31 bits per heavy atom. The highest BCUT2D eigenvalue weighted by Gasteiger charge is 2.32. The summed E-state index contributed by atoms with van der Waals surface area (Å²) in [5.41, 5.74) is 0.808. The maximum Gasteiger partial charge on any atom is 0.247 e. The molecule has 1 unspecified atom stereocenters. The lowest BCUT2D eigenvalue weighted by Gasteiger charge is -2.33. The van der Waals surface area contributed by atoms with Gasteiger partial charge in [0, 0.05) is 17.1 Å². The smallest absolute Gasteiger partial charge is 0.247 e.